The second-order valence-corrected chi connectivity index (χ2v) is 5.77. The van der Waals surface area contributed by atoms with Crippen molar-refractivity contribution in [1.82, 2.24) is 0 Å². The summed E-state index contributed by atoms with van der Waals surface area (Å²) >= 11 is 6.38. The zero-order valence-electron chi connectivity index (χ0n) is 12.7. The standard InChI is InChI=1S/C17H15ClFN3O/c1-9-17(23)22(2)13-8-7-12(20)15(18)14(13)16(21-9)10-5-3-4-6-11(10)19/h3-9H,20H2,1-2H3/t9-/m1/s1. The van der Waals surface area contributed by atoms with Gasteiger partial charge in [0.15, 0.2) is 0 Å². The number of rotatable bonds is 1. The summed E-state index contributed by atoms with van der Waals surface area (Å²) in [5, 5.41) is 0.262. The van der Waals surface area contributed by atoms with Crippen molar-refractivity contribution in [2.75, 3.05) is 17.7 Å². The van der Waals surface area contributed by atoms with E-state index in [9.17, 15) is 9.18 Å². The highest BCUT2D eigenvalue weighted by Gasteiger charge is 2.30. The van der Waals surface area contributed by atoms with Crippen LogP contribution in [-0.4, -0.2) is 24.7 Å². The van der Waals surface area contributed by atoms with Crippen LogP contribution < -0.4 is 10.6 Å². The molecule has 118 valence electrons. The lowest BCUT2D eigenvalue weighted by Gasteiger charge is -2.20. The highest BCUT2D eigenvalue weighted by atomic mass is 35.5. The Morgan fingerprint density at radius 1 is 1.26 bits per heavy atom. The van der Waals surface area contributed by atoms with Crippen molar-refractivity contribution in [3.05, 3.63) is 58.4 Å². The number of carbonyl (C=O) groups is 1. The number of hydrogen-bond donors (Lipinski definition) is 1. The molecule has 0 spiro atoms. The highest BCUT2D eigenvalue weighted by molar-refractivity contribution is 6.39. The van der Waals surface area contributed by atoms with E-state index >= 15 is 0 Å². The predicted molar refractivity (Wildman–Crippen MR) is 90.8 cm³/mol. The highest BCUT2D eigenvalue weighted by Crippen LogP contribution is 2.36. The second-order valence-electron chi connectivity index (χ2n) is 5.39. The van der Waals surface area contributed by atoms with Crippen LogP contribution in [0.4, 0.5) is 15.8 Å². The Labute approximate surface area is 138 Å². The molecule has 1 aliphatic rings. The third-order valence-electron chi connectivity index (χ3n) is 3.89. The van der Waals surface area contributed by atoms with Gasteiger partial charge in [-0.05, 0) is 31.2 Å². The zero-order valence-corrected chi connectivity index (χ0v) is 13.4. The molecule has 2 N–H and O–H groups in total. The molecule has 2 aromatic carbocycles. The Morgan fingerprint density at radius 2 is 1.96 bits per heavy atom. The molecule has 1 amide bonds. The SMILES string of the molecule is C[C@H]1N=C(c2ccccc2F)c2c(ccc(N)c2Cl)N(C)C1=O. The first kappa shape index (κ1) is 15.5. The van der Waals surface area contributed by atoms with Crippen molar-refractivity contribution in [3.63, 3.8) is 0 Å². The lowest BCUT2D eigenvalue weighted by molar-refractivity contribution is -0.119. The van der Waals surface area contributed by atoms with Crippen molar-refractivity contribution >= 4 is 34.6 Å². The number of likely N-dealkylation sites (N-methyl/N-ethyl adjacent to an activating group) is 1. The molecule has 23 heavy (non-hydrogen) atoms. The quantitative estimate of drug-likeness (QED) is 0.815. The Bertz CT molecular complexity index is 835. The van der Waals surface area contributed by atoms with E-state index in [1.165, 1.54) is 11.0 Å². The molecule has 6 heteroatoms. The fourth-order valence-electron chi connectivity index (χ4n) is 2.66. The zero-order chi connectivity index (χ0) is 16.7. The van der Waals surface area contributed by atoms with Gasteiger partial charge in [0.25, 0.3) is 5.91 Å². The molecule has 1 atom stereocenters. The molecule has 1 heterocycles. The van der Waals surface area contributed by atoms with E-state index in [4.69, 9.17) is 17.3 Å². The van der Waals surface area contributed by atoms with Crippen molar-refractivity contribution < 1.29 is 9.18 Å². The molecule has 0 fully saturated rings. The fourth-order valence-corrected chi connectivity index (χ4v) is 2.91. The molecule has 0 saturated heterocycles. The molecular formula is C17H15ClFN3O. The summed E-state index contributed by atoms with van der Waals surface area (Å²) in [6.07, 6.45) is 0. The molecule has 3 rings (SSSR count). The van der Waals surface area contributed by atoms with E-state index in [-0.39, 0.29) is 16.5 Å². The van der Waals surface area contributed by atoms with E-state index in [2.05, 4.69) is 4.99 Å². The number of amides is 1. The molecular weight excluding hydrogens is 317 g/mol. The van der Waals surface area contributed by atoms with Gasteiger partial charge in [0.05, 0.1) is 22.1 Å². The van der Waals surface area contributed by atoms with Gasteiger partial charge < -0.3 is 10.6 Å². The maximum absolute atomic E-state index is 14.3. The summed E-state index contributed by atoms with van der Waals surface area (Å²) in [5.41, 5.74) is 7.90. The van der Waals surface area contributed by atoms with Gasteiger partial charge in [-0.3, -0.25) is 9.79 Å². The number of benzene rings is 2. The van der Waals surface area contributed by atoms with E-state index < -0.39 is 11.9 Å². The van der Waals surface area contributed by atoms with Crippen LogP contribution in [0.15, 0.2) is 41.4 Å². The van der Waals surface area contributed by atoms with Crippen molar-refractivity contribution in [1.29, 1.82) is 0 Å². The number of fused-ring (bicyclic) bond motifs is 1. The first-order chi connectivity index (χ1) is 10.9. The minimum Gasteiger partial charge on any atom is -0.398 e. The van der Waals surface area contributed by atoms with Gasteiger partial charge in [0.1, 0.15) is 11.9 Å². The first-order valence-corrected chi connectivity index (χ1v) is 7.48. The average Bonchev–Trinajstić information content (AvgIpc) is 2.62. The Morgan fingerprint density at radius 3 is 2.65 bits per heavy atom. The van der Waals surface area contributed by atoms with Crippen LogP contribution in [0.1, 0.15) is 18.1 Å². The number of halogens is 2. The minimum atomic E-state index is -0.653. The smallest absolute Gasteiger partial charge is 0.251 e. The summed E-state index contributed by atoms with van der Waals surface area (Å²) < 4.78 is 14.3. The van der Waals surface area contributed by atoms with Crippen LogP contribution in [-0.2, 0) is 4.79 Å². The Balaban J connectivity index is 2.37. The predicted octanol–water partition coefficient (Wildman–Crippen LogP) is 3.26. The first-order valence-electron chi connectivity index (χ1n) is 7.10. The Hall–Kier alpha value is -2.40. The fraction of sp³-hybridized carbons (Fsp3) is 0.176. The van der Waals surface area contributed by atoms with Crippen LogP contribution in [0.3, 0.4) is 0 Å². The largest absolute Gasteiger partial charge is 0.398 e. The number of nitrogen functional groups attached to an aromatic ring is 1. The van der Waals surface area contributed by atoms with Gasteiger partial charge in [-0.25, -0.2) is 4.39 Å². The maximum atomic E-state index is 14.3. The molecule has 0 unspecified atom stereocenters. The molecule has 0 saturated carbocycles. The van der Waals surface area contributed by atoms with Crippen molar-refractivity contribution in [2.24, 2.45) is 4.99 Å². The van der Waals surface area contributed by atoms with E-state index in [1.54, 1.807) is 44.3 Å². The summed E-state index contributed by atoms with van der Waals surface area (Å²) in [5.74, 6) is -0.627. The van der Waals surface area contributed by atoms with Crippen LogP contribution in [0.5, 0.6) is 0 Å². The van der Waals surface area contributed by atoms with Crippen LogP contribution in [0.25, 0.3) is 0 Å². The molecule has 1 aliphatic heterocycles. The summed E-state index contributed by atoms with van der Waals surface area (Å²) in [6, 6.07) is 8.93. The molecule has 0 aliphatic carbocycles. The summed E-state index contributed by atoms with van der Waals surface area (Å²) in [6.45, 7) is 1.67. The van der Waals surface area contributed by atoms with Gasteiger partial charge in [0, 0.05) is 18.2 Å². The lowest BCUT2D eigenvalue weighted by Crippen LogP contribution is -2.33. The van der Waals surface area contributed by atoms with Crippen LogP contribution >= 0.6 is 11.6 Å². The van der Waals surface area contributed by atoms with Crippen LogP contribution in [0.2, 0.25) is 5.02 Å². The summed E-state index contributed by atoms with van der Waals surface area (Å²) in [7, 11) is 1.64. The Kier molecular flexibility index (Phi) is 3.82. The van der Waals surface area contributed by atoms with E-state index in [1.807, 2.05) is 0 Å². The van der Waals surface area contributed by atoms with Crippen molar-refractivity contribution in [2.45, 2.75) is 13.0 Å². The third kappa shape index (κ3) is 2.47. The number of nitrogens with two attached hydrogens (primary N) is 1. The maximum Gasteiger partial charge on any atom is 0.251 e. The topological polar surface area (TPSA) is 58.7 Å². The van der Waals surface area contributed by atoms with Gasteiger partial charge >= 0.3 is 0 Å². The number of anilines is 2. The second kappa shape index (κ2) is 5.66. The van der Waals surface area contributed by atoms with E-state index in [0.717, 1.165) is 0 Å². The lowest BCUT2D eigenvalue weighted by atomic mass is 9.99. The van der Waals surface area contributed by atoms with Gasteiger partial charge in [-0.1, -0.05) is 23.7 Å². The minimum absolute atomic E-state index is 0.196. The van der Waals surface area contributed by atoms with E-state index in [0.29, 0.717) is 22.6 Å². The number of aliphatic imine (C=N–C) groups is 1. The number of carbonyl (C=O) groups excluding carboxylic acids is 1. The van der Waals surface area contributed by atoms with Crippen LogP contribution in [0, 0.1) is 5.82 Å². The molecule has 0 radical (unpaired) electrons. The molecule has 0 bridgehead atoms. The van der Waals surface area contributed by atoms with Gasteiger partial charge in [0.2, 0.25) is 0 Å². The summed E-state index contributed by atoms with van der Waals surface area (Å²) in [4.78, 5) is 18.3. The average molecular weight is 332 g/mol. The van der Waals surface area contributed by atoms with Crippen molar-refractivity contribution in [3.8, 4) is 0 Å². The number of hydrogen-bond acceptors (Lipinski definition) is 3. The number of nitrogens with zero attached hydrogens (tertiary/aromatic N) is 2. The molecule has 4 nitrogen and oxygen atoms in total. The van der Waals surface area contributed by atoms with Gasteiger partial charge in [-0.2, -0.15) is 0 Å². The normalized spacial score (nSPS) is 17.6. The van der Waals surface area contributed by atoms with Gasteiger partial charge in [-0.15, -0.1) is 0 Å². The molecule has 2 aromatic rings. The molecule has 0 aromatic heterocycles. The number of benzodiazepines with no additional fused rings is 1. The monoisotopic (exact) mass is 331 g/mol. The third-order valence-corrected chi connectivity index (χ3v) is 4.29.